The Kier molecular flexibility index (Phi) is 3.81. The third kappa shape index (κ3) is 2.75. The number of unbranched alkanes of at least 4 members (excludes halogenated alkanes) is 2. The average Bonchev–Trinajstić information content (AvgIpc) is 2.34. The topological polar surface area (TPSA) is 9.23 Å². The highest BCUT2D eigenvalue weighted by molar-refractivity contribution is 5.83. The summed E-state index contributed by atoms with van der Waals surface area (Å²) in [5, 5.41) is 2.51. The second-order valence-corrected chi connectivity index (χ2v) is 4.06. The third-order valence-corrected chi connectivity index (χ3v) is 2.74. The van der Waals surface area contributed by atoms with E-state index in [1.54, 1.807) is 0 Å². The van der Waals surface area contributed by atoms with Gasteiger partial charge in [0, 0.05) is 0 Å². The van der Waals surface area contributed by atoms with Gasteiger partial charge in [0.15, 0.2) is 0 Å². The molecule has 0 aliphatic carbocycles. The van der Waals surface area contributed by atoms with E-state index < -0.39 is 0 Å². The lowest BCUT2D eigenvalue weighted by Gasteiger charge is -2.06. The first-order valence-electron chi connectivity index (χ1n) is 6.02. The van der Waals surface area contributed by atoms with Gasteiger partial charge in [-0.15, -0.1) is 0 Å². The van der Waals surface area contributed by atoms with Crippen molar-refractivity contribution in [3.05, 3.63) is 42.5 Å². The Labute approximate surface area is 97.1 Å². The Balaban J connectivity index is 2.02. The minimum absolute atomic E-state index is 0.826. The van der Waals surface area contributed by atoms with E-state index in [9.17, 15) is 0 Å². The Morgan fingerprint density at radius 1 is 0.938 bits per heavy atom. The summed E-state index contributed by atoms with van der Waals surface area (Å²) in [6, 6.07) is 14.6. The van der Waals surface area contributed by atoms with Gasteiger partial charge in [-0.2, -0.15) is 0 Å². The number of benzene rings is 2. The van der Waals surface area contributed by atoms with Crippen LogP contribution in [0.25, 0.3) is 10.8 Å². The van der Waals surface area contributed by atoms with Gasteiger partial charge in [0.05, 0.1) is 6.61 Å². The minimum Gasteiger partial charge on any atom is -0.494 e. The predicted molar refractivity (Wildman–Crippen MR) is 69.0 cm³/mol. The molecule has 0 aliphatic rings. The summed E-state index contributed by atoms with van der Waals surface area (Å²) in [5.74, 6) is 0.981. The minimum atomic E-state index is 0.826. The van der Waals surface area contributed by atoms with Crippen LogP contribution in [0.5, 0.6) is 5.75 Å². The van der Waals surface area contributed by atoms with Crippen molar-refractivity contribution in [2.45, 2.75) is 26.2 Å². The van der Waals surface area contributed by atoms with Gasteiger partial charge < -0.3 is 4.74 Å². The maximum Gasteiger partial charge on any atom is 0.119 e. The zero-order chi connectivity index (χ0) is 11.2. The number of fused-ring (bicyclic) bond motifs is 1. The Morgan fingerprint density at radius 2 is 1.75 bits per heavy atom. The van der Waals surface area contributed by atoms with Gasteiger partial charge in [0.1, 0.15) is 5.75 Å². The maximum absolute atomic E-state index is 5.72. The van der Waals surface area contributed by atoms with E-state index in [0.717, 1.165) is 18.8 Å². The lowest BCUT2D eigenvalue weighted by Crippen LogP contribution is -1.96. The first-order chi connectivity index (χ1) is 7.90. The van der Waals surface area contributed by atoms with Crippen LogP contribution in [0.1, 0.15) is 26.2 Å². The molecule has 2 aromatic carbocycles. The molecule has 84 valence electrons. The number of hydrogen-bond donors (Lipinski definition) is 0. The monoisotopic (exact) mass is 214 g/mol. The van der Waals surface area contributed by atoms with Gasteiger partial charge in [-0.05, 0) is 29.3 Å². The van der Waals surface area contributed by atoms with E-state index in [4.69, 9.17) is 4.74 Å². The van der Waals surface area contributed by atoms with Crippen LogP contribution in [0.2, 0.25) is 0 Å². The first-order valence-corrected chi connectivity index (χ1v) is 6.02. The van der Waals surface area contributed by atoms with Crippen molar-refractivity contribution in [1.82, 2.24) is 0 Å². The molecule has 0 aliphatic heterocycles. The Hall–Kier alpha value is -1.50. The number of ether oxygens (including phenoxy) is 1. The molecule has 0 aromatic heterocycles. The lowest BCUT2D eigenvalue weighted by atomic mass is 10.1. The highest BCUT2D eigenvalue weighted by atomic mass is 16.5. The third-order valence-electron chi connectivity index (χ3n) is 2.74. The second kappa shape index (κ2) is 5.55. The van der Waals surface area contributed by atoms with Gasteiger partial charge in [0.2, 0.25) is 0 Å². The quantitative estimate of drug-likeness (QED) is 0.670. The maximum atomic E-state index is 5.72. The van der Waals surface area contributed by atoms with Crippen molar-refractivity contribution in [1.29, 1.82) is 0 Å². The summed E-state index contributed by atoms with van der Waals surface area (Å²) in [7, 11) is 0. The summed E-state index contributed by atoms with van der Waals surface area (Å²) >= 11 is 0. The highest BCUT2D eigenvalue weighted by Crippen LogP contribution is 2.20. The van der Waals surface area contributed by atoms with Crippen LogP contribution in [0.4, 0.5) is 0 Å². The van der Waals surface area contributed by atoms with Gasteiger partial charge in [-0.3, -0.25) is 0 Å². The van der Waals surface area contributed by atoms with Crippen molar-refractivity contribution in [3.8, 4) is 5.75 Å². The van der Waals surface area contributed by atoms with E-state index in [1.165, 1.54) is 23.6 Å². The summed E-state index contributed by atoms with van der Waals surface area (Å²) in [5.41, 5.74) is 0. The number of hydrogen-bond acceptors (Lipinski definition) is 1. The molecule has 0 spiro atoms. The normalized spacial score (nSPS) is 10.6. The fourth-order valence-corrected chi connectivity index (χ4v) is 1.80. The van der Waals surface area contributed by atoms with Crippen LogP contribution < -0.4 is 4.74 Å². The molecule has 0 heterocycles. The van der Waals surface area contributed by atoms with Crippen molar-refractivity contribution >= 4 is 10.8 Å². The summed E-state index contributed by atoms with van der Waals surface area (Å²) < 4.78 is 5.72. The molecule has 0 saturated carbocycles. The standard InChI is InChI=1S/C15H18O/c1-2-3-6-11-16-15-10-9-13-7-4-5-8-14(13)12-15/h4-5,7-10,12H,2-3,6,11H2,1H3. The summed E-state index contributed by atoms with van der Waals surface area (Å²) in [6.07, 6.45) is 3.62. The van der Waals surface area contributed by atoms with Crippen LogP contribution in [-0.2, 0) is 0 Å². The van der Waals surface area contributed by atoms with Crippen molar-refractivity contribution < 1.29 is 4.74 Å². The molecule has 2 rings (SSSR count). The van der Waals surface area contributed by atoms with Crippen molar-refractivity contribution in [2.75, 3.05) is 6.61 Å². The molecule has 0 unspecified atom stereocenters. The Bertz CT molecular complexity index is 448. The number of rotatable bonds is 5. The molecule has 0 atom stereocenters. The Morgan fingerprint density at radius 3 is 2.56 bits per heavy atom. The first kappa shape index (κ1) is 11.0. The average molecular weight is 214 g/mol. The molecule has 0 saturated heterocycles. The molecule has 0 bridgehead atoms. The van der Waals surface area contributed by atoms with Crippen LogP contribution in [0.3, 0.4) is 0 Å². The van der Waals surface area contributed by atoms with Crippen LogP contribution in [0.15, 0.2) is 42.5 Å². The molecule has 2 aromatic rings. The fraction of sp³-hybridized carbons (Fsp3) is 0.333. The smallest absolute Gasteiger partial charge is 0.119 e. The van der Waals surface area contributed by atoms with E-state index in [0.29, 0.717) is 0 Å². The van der Waals surface area contributed by atoms with Gasteiger partial charge >= 0.3 is 0 Å². The largest absolute Gasteiger partial charge is 0.494 e. The van der Waals surface area contributed by atoms with E-state index in [-0.39, 0.29) is 0 Å². The van der Waals surface area contributed by atoms with Gasteiger partial charge in [-0.1, -0.05) is 50.1 Å². The van der Waals surface area contributed by atoms with Crippen LogP contribution >= 0.6 is 0 Å². The van der Waals surface area contributed by atoms with E-state index in [2.05, 4.69) is 43.3 Å². The lowest BCUT2D eigenvalue weighted by molar-refractivity contribution is 0.306. The van der Waals surface area contributed by atoms with Crippen molar-refractivity contribution in [2.24, 2.45) is 0 Å². The SMILES string of the molecule is CCCCCOc1ccc2ccccc2c1. The zero-order valence-corrected chi connectivity index (χ0v) is 9.78. The zero-order valence-electron chi connectivity index (χ0n) is 9.78. The molecule has 0 amide bonds. The van der Waals surface area contributed by atoms with E-state index >= 15 is 0 Å². The fourth-order valence-electron chi connectivity index (χ4n) is 1.80. The second-order valence-electron chi connectivity index (χ2n) is 4.06. The predicted octanol–water partition coefficient (Wildman–Crippen LogP) is 4.41. The molecular formula is C15H18O. The van der Waals surface area contributed by atoms with Crippen LogP contribution in [-0.4, -0.2) is 6.61 Å². The van der Waals surface area contributed by atoms with Gasteiger partial charge in [0.25, 0.3) is 0 Å². The van der Waals surface area contributed by atoms with Gasteiger partial charge in [-0.25, -0.2) is 0 Å². The molecule has 0 fully saturated rings. The molecule has 16 heavy (non-hydrogen) atoms. The summed E-state index contributed by atoms with van der Waals surface area (Å²) in [6.45, 7) is 3.03. The van der Waals surface area contributed by atoms with E-state index in [1.807, 2.05) is 6.07 Å². The highest BCUT2D eigenvalue weighted by Gasteiger charge is 1.96. The molecular weight excluding hydrogens is 196 g/mol. The molecule has 0 radical (unpaired) electrons. The molecule has 0 N–H and O–H groups in total. The molecule has 1 heteroatoms. The molecule has 1 nitrogen and oxygen atoms in total. The van der Waals surface area contributed by atoms with Crippen molar-refractivity contribution in [3.63, 3.8) is 0 Å². The summed E-state index contributed by atoms with van der Waals surface area (Å²) in [4.78, 5) is 0. The van der Waals surface area contributed by atoms with Crippen LogP contribution in [0, 0.1) is 0 Å².